The summed E-state index contributed by atoms with van der Waals surface area (Å²) < 4.78 is 10.2. The lowest BCUT2D eigenvalue weighted by Gasteiger charge is -2.17. The molecule has 0 amide bonds. The number of carbonyl (C=O) groups excluding carboxylic acids is 1. The molecule has 0 aliphatic rings. The molecule has 110 valence electrons. The van der Waals surface area contributed by atoms with E-state index in [1.54, 1.807) is 6.92 Å². The van der Waals surface area contributed by atoms with Gasteiger partial charge in [-0.1, -0.05) is 0 Å². The average molecular weight is 283 g/mol. The fourth-order valence-electron chi connectivity index (χ4n) is 1.58. The highest BCUT2D eigenvalue weighted by Crippen LogP contribution is 2.30. The van der Waals surface area contributed by atoms with Gasteiger partial charge in [0.2, 0.25) is 0 Å². The van der Waals surface area contributed by atoms with Crippen molar-refractivity contribution >= 4 is 11.7 Å². The monoisotopic (exact) mass is 283 g/mol. The molecule has 1 unspecified atom stereocenters. The van der Waals surface area contributed by atoms with Crippen molar-refractivity contribution in [2.75, 3.05) is 6.61 Å². The summed E-state index contributed by atoms with van der Waals surface area (Å²) in [5, 5.41) is 20.4. The lowest BCUT2D eigenvalue weighted by molar-refractivity contribution is -0.385. The largest absolute Gasteiger partial charge is 0.479 e. The van der Waals surface area contributed by atoms with Gasteiger partial charge in [-0.05, 0) is 26.8 Å². The standard InChI is InChI=1S/C13H17NO6/c1-4-19-13(16)9(3)20-12-6-5-10(14(17)18)7-11(12)8(2)15/h5-9,15H,4H2,1-3H3/t8-,9?/m0/s1. The quantitative estimate of drug-likeness (QED) is 0.487. The first-order chi connectivity index (χ1) is 9.36. The van der Waals surface area contributed by atoms with E-state index in [2.05, 4.69) is 0 Å². The third-order valence-electron chi connectivity index (χ3n) is 2.58. The molecule has 0 aliphatic carbocycles. The first-order valence-electron chi connectivity index (χ1n) is 6.16. The van der Waals surface area contributed by atoms with Gasteiger partial charge in [0.1, 0.15) is 5.75 Å². The number of rotatable bonds is 6. The number of carbonyl (C=O) groups is 1. The minimum absolute atomic E-state index is 0.156. The topological polar surface area (TPSA) is 98.9 Å². The van der Waals surface area contributed by atoms with Gasteiger partial charge < -0.3 is 14.6 Å². The van der Waals surface area contributed by atoms with E-state index in [9.17, 15) is 20.0 Å². The van der Waals surface area contributed by atoms with E-state index in [0.29, 0.717) is 0 Å². The van der Waals surface area contributed by atoms with Crippen LogP contribution in [-0.4, -0.2) is 28.7 Å². The highest BCUT2D eigenvalue weighted by Gasteiger charge is 2.20. The van der Waals surface area contributed by atoms with Crippen LogP contribution in [-0.2, 0) is 9.53 Å². The summed E-state index contributed by atoms with van der Waals surface area (Å²) >= 11 is 0. The number of hydrogen-bond acceptors (Lipinski definition) is 6. The van der Waals surface area contributed by atoms with Crippen LogP contribution in [0.4, 0.5) is 5.69 Å². The van der Waals surface area contributed by atoms with Crippen molar-refractivity contribution in [1.82, 2.24) is 0 Å². The Balaban J connectivity index is 3.00. The number of aliphatic hydroxyl groups excluding tert-OH is 1. The van der Waals surface area contributed by atoms with Crippen molar-refractivity contribution in [3.63, 3.8) is 0 Å². The first kappa shape index (κ1) is 15.9. The second kappa shape index (κ2) is 6.85. The van der Waals surface area contributed by atoms with E-state index in [1.807, 2.05) is 0 Å². The number of nitrogens with zero attached hydrogens (tertiary/aromatic N) is 1. The minimum Gasteiger partial charge on any atom is -0.479 e. The number of ether oxygens (including phenoxy) is 2. The normalized spacial score (nSPS) is 13.4. The second-order valence-corrected chi connectivity index (χ2v) is 4.17. The van der Waals surface area contributed by atoms with Gasteiger partial charge in [0, 0.05) is 17.7 Å². The highest BCUT2D eigenvalue weighted by molar-refractivity contribution is 5.74. The molecule has 0 spiro atoms. The van der Waals surface area contributed by atoms with Crippen LogP contribution >= 0.6 is 0 Å². The molecule has 1 aromatic rings. The van der Waals surface area contributed by atoms with E-state index in [1.165, 1.54) is 32.0 Å². The van der Waals surface area contributed by atoms with E-state index in [0.717, 1.165) is 0 Å². The lowest BCUT2D eigenvalue weighted by atomic mass is 10.1. The van der Waals surface area contributed by atoms with E-state index < -0.39 is 23.1 Å². The predicted molar refractivity (Wildman–Crippen MR) is 70.5 cm³/mol. The number of esters is 1. The Morgan fingerprint density at radius 2 is 2.10 bits per heavy atom. The smallest absolute Gasteiger partial charge is 0.347 e. The first-order valence-corrected chi connectivity index (χ1v) is 6.16. The molecule has 20 heavy (non-hydrogen) atoms. The molecular formula is C13H17NO6. The molecule has 0 radical (unpaired) electrons. The van der Waals surface area contributed by atoms with Crippen LogP contribution in [0.1, 0.15) is 32.4 Å². The van der Waals surface area contributed by atoms with Crippen molar-refractivity contribution < 1.29 is 24.3 Å². The molecule has 7 heteroatoms. The van der Waals surface area contributed by atoms with Crippen molar-refractivity contribution in [3.8, 4) is 5.75 Å². The maximum atomic E-state index is 11.5. The predicted octanol–water partition coefficient (Wildman–Crippen LogP) is 1.98. The molecule has 0 fully saturated rings. The second-order valence-electron chi connectivity index (χ2n) is 4.17. The number of nitro benzene ring substituents is 1. The summed E-state index contributed by atoms with van der Waals surface area (Å²) in [6, 6.07) is 3.83. The number of nitro groups is 1. The maximum Gasteiger partial charge on any atom is 0.347 e. The van der Waals surface area contributed by atoms with Crippen molar-refractivity contribution in [1.29, 1.82) is 0 Å². The Kier molecular flexibility index (Phi) is 5.45. The van der Waals surface area contributed by atoms with Gasteiger partial charge in [0.05, 0.1) is 17.6 Å². The number of benzene rings is 1. The summed E-state index contributed by atoms with van der Waals surface area (Å²) in [6.07, 6.45) is -1.83. The van der Waals surface area contributed by atoms with Crippen LogP contribution in [0.2, 0.25) is 0 Å². The molecule has 7 nitrogen and oxygen atoms in total. The summed E-state index contributed by atoms with van der Waals surface area (Å²) in [7, 11) is 0. The van der Waals surface area contributed by atoms with Crippen LogP contribution in [0.15, 0.2) is 18.2 Å². The Labute approximate surface area is 116 Å². The highest BCUT2D eigenvalue weighted by atomic mass is 16.6. The molecule has 1 N–H and O–H groups in total. The van der Waals surface area contributed by atoms with Crippen LogP contribution in [0, 0.1) is 10.1 Å². The molecule has 0 bridgehead atoms. The zero-order valence-electron chi connectivity index (χ0n) is 11.5. The van der Waals surface area contributed by atoms with Gasteiger partial charge >= 0.3 is 5.97 Å². The van der Waals surface area contributed by atoms with Gasteiger partial charge in [0.25, 0.3) is 5.69 Å². The molecule has 0 aliphatic heterocycles. The fourth-order valence-corrected chi connectivity index (χ4v) is 1.58. The number of hydrogen-bond donors (Lipinski definition) is 1. The molecule has 1 rings (SSSR count). The van der Waals surface area contributed by atoms with Gasteiger partial charge in [-0.25, -0.2) is 4.79 Å². The van der Waals surface area contributed by atoms with Crippen molar-refractivity contribution in [2.45, 2.75) is 33.0 Å². The fraction of sp³-hybridized carbons (Fsp3) is 0.462. The van der Waals surface area contributed by atoms with Crippen LogP contribution in [0.3, 0.4) is 0 Å². The van der Waals surface area contributed by atoms with Crippen molar-refractivity contribution in [3.05, 3.63) is 33.9 Å². The van der Waals surface area contributed by atoms with E-state index in [4.69, 9.17) is 9.47 Å². The maximum absolute atomic E-state index is 11.5. The Morgan fingerprint density at radius 3 is 2.60 bits per heavy atom. The van der Waals surface area contributed by atoms with Gasteiger partial charge in [-0.2, -0.15) is 0 Å². The third kappa shape index (κ3) is 3.92. The summed E-state index contributed by atoms with van der Waals surface area (Å²) in [4.78, 5) is 21.6. The molecule has 0 heterocycles. The Hall–Kier alpha value is -2.15. The molecule has 0 aromatic heterocycles. The van der Waals surface area contributed by atoms with Crippen molar-refractivity contribution in [2.24, 2.45) is 0 Å². The minimum atomic E-state index is -0.959. The molecule has 0 saturated heterocycles. The summed E-state index contributed by atoms with van der Waals surface area (Å²) in [5.74, 6) is -0.325. The summed E-state index contributed by atoms with van der Waals surface area (Å²) in [6.45, 7) is 4.87. The Bertz CT molecular complexity index is 500. The SMILES string of the molecule is CCOC(=O)C(C)Oc1ccc([N+](=O)[O-])cc1[C@H](C)O. The third-order valence-corrected chi connectivity index (χ3v) is 2.58. The summed E-state index contributed by atoms with van der Waals surface area (Å²) in [5.41, 5.74) is 0.0902. The van der Waals surface area contributed by atoms with Gasteiger partial charge in [-0.15, -0.1) is 0 Å². The van der Waals surface area contributed by atoms with E-state index >= 15 is 0 Å². The molecule has 0 saturated carbocycles. The lowest BCUT2D eigenvalue weighted by Crippen LogP contribution is -2.26. The molecule has 1 aromatic carbocycles. The zero-order valence-corrected chi connectivity index (χ0v) is 11.5. The van der Waals surface area contributed by atoms with Gasteiger partial charge in [0.15, 0.2) is 6.10 Å². The van der Waals surface area contributed by atoms with Crippen LogP contribution in [0.5, 0.6) is 5.75 Å². The van der Waals surface area contributed by atoms with Crippen LogP contribution in [0.25, 0.3) is 0 Å². The average Bonchev–Trinajstić information content (AvgIpc) is 2.38. The Morgan fingerprint density at radius 1 is 1.45 bits per heavy atom. The number of aliphatic hydroxyl groups is 1. The number of non-ortho nitro benzene ring substituents is 1. The zero-order chi connectivity index (χ0) is 15.3. The van der Waals surface area contributed by atoms with Gasteiger partial charge in [-0.3, -0.25) is 10.1 Å². The van der Waals surface area contributed by atoms with E-state index in [-0.39, 0.29) is 23.6 Å². The molecule has 2 atom stereocenters. The van der Waals surface area contributed by atoms with Crippen LogP contribution < -0.4 is 4.74 Å². The molecular weight excluding hydrogens is 266 g/mol.